The van der Waals surface area contributed by atoms with E-state index in [1.807, 2.05) is 31.2 Å². The highest BCUT2D eigenvalue weighted by Crippen LogP contribution is 2.19. The van der Waals surface area contributed by atoms with Crippen LogP contribution in [0.3, 0.4) is 0 Å². The van der Waals surface area contributed by atoms with Crippen LogP contribution in [0.1, 0.15) is 36.2 Å². The molecule has 2 N–H and O–H groups in total. The standard InChI is InChI=1S/C17H21N3O/c1-3-8-13-9-5-6-11-15(13)20-17(21)14-10-7-12-19-16(14)18-4-2/h5-7,9-12H,3-4,8H2,1-2H3,(H,18,19)(H,20,21). The van der Waals surface area contributed by atoms with Gasteiger partial charge in [0.15, 0.2) is 0 Å². The van der Waals surface area contributed by atoms with Crippen molar-refractivity contribution in [2.24, 2.45) is 0 Å². The van der Waals surface area contributed by atoms with Gasteiger partial charge in [0.05, 0.1) is 5.56 Å². The van der Waals surface area contributed by atoms with E-state index in [9.17, 15) is 4.79 Å². The molecule has 0 saturated heterocycles. The Morgan fingerprint density at radius 3 is 2.71 bits per heavy atom. The highest BCUT2D eigenvalue weighted by Gasteiger charge is 2.13. The summed E-state index contributed by atoms with van der Waals surface area (Å²) < 4.78 is 0. The Bertz CT molecular complexity index is 610. The Morgan fingerprint density at radius 2 is 1.95 bits per heavy atom. The van der Waals surface area contributed by atoms with Crippen LogP contribution in [0.2, 0.25) is 0 Å². The lowest BCUT2D eigenvalue weighted by atomic mass is 10.1. The third-order valence-electron chi connectivity index (χ3n) is 3.18. The van der Waals surface area contributed by atoms with Gasteiger partial charge in [-0.25, -0.2) is 4.98 Å². The predicted molar refractivity (Wildman–Crippen MR) is 86.8 cm³/mol. The third kappa shape index (κ3) is 3.81. The van der Waals surface area contributed by atoms with E-state index in [0.29, 0.717) is 11.4 Å². The van der Waals surface area contributed by atoms with Gasteiger partial charge in [0.2, 0.25) is 0 Å². The van der Waals surface area contributed by atoms with Gasteiger partial charge in [-0.15, -0.1) is 0 Å². The van der Waals surface area contributed by atoms with Crippen molar-refractivity contribution in [3.63, 3.8) is 0 Å². The van der Waals surface area contributed by atoms with Crippen LogP contribution in [0, 0.1) is 0 Å². The fourth-order valence-corrected chi connectivity index (χ4v) is 2.22. The number of aromatic nitrogens is 1. The molecule has 0 saturated carbocycles. The number of benzene rings is 1. The lowest BCUT2D eigenvalue weighted by Gasteiger charge is -2.12. The van der Waals surface area contributed by atoms with E-state index in [0.717, 1.165) is 30.6 Å². The maximum Gasteiger partial charge on any atom is 0.259 e. The minimum Gasteiger partial charge on any atom is -0.370 e. The highest BCUT2D eigenvalue weighted by molar-refractivity contribution is 6.07. The molecule has 0 radical (unpaired) electrons. The molecule has 0 unspecified atom stereocenters. The molecule has 4 heteroatoms. The van der Waals surface area contributed by atoms with Crippen LogP contribution in [0.15, 0.2) is 42.6 Å². The lowest BCUT2D eigenvalue weighted by molar-refractivity contribution is 0.102. The monoisotopic (exact) mass is 283 g/mol. The number of para-hydroxylation sites is 1. The molecule has 2 rings (SSSR count). The Balaban J connectivity index is 2.22. The van der Waals surface area contributed by atoms with Crippen molar-refractivity contribution in [1.82, 2.24) is 4.98 Å². The average molecular weight is 283 g/mol. The van der Waals surface area contributed by atoms with Crippen LogP contribution in [-0.4, -0.2) is 17.4 Å². The third-order valence-corrected chi connectivity index (χ3v) is 3.18. The molecule has 0 aliphatic rings. The molecular weight excluding hydrogens is 262 g/mol. The van der Waals surface area contributed by atoms with Gasteiger partial charge in [-0.2, -0.15) is 0 Å². The first kappa shape index (κ1) is 15.0. The summed E-state index contributed by atoms with van der Waals surface area (Å²) in [6, 6.07) is 11.5. The summed E-state index contributed by atoms with van der Waals surface area (Å²) >= 11 is 0. The second-order valence-electron chi connectivity index (χ2n) is 4.79. The number of amides is 1. The first-order valence-corrected chi connectivity index (χ1v) is 7.34. The molecule has 4 nitrogen and oxygen atoms in total. The van der Waals surface area contributed by atoms with Crippen molar-refractivity contribution in [3.05, 3.63) is 53.7 Å². The number of hydrogen-bond donors (Lipinski definition) is 2. The molecule has 0 fully saturated rings. The lowest BCUT2D eigenvalue weighted by Crippen LogP contribution is -2.16. The molecule has 2 aromatic rings. The van der Waals surface area contributed by atoms with Gasteiger partial charge in [-0.1, -0.05) is 31.5 Å². The van der Waals surface area contributed by atoms with Crippen molar-refractivity contribution in [1.29, 1.82) is 0 Å². The van der Waals surface area contributed by atoms with Crippen molar-refractivity contribution < 1.29 is 4.79 Å². The van der Waals surface area contributed by atoms with E-state index < -0.39 is 0 Å². The summed E-state index contributed by atoms with van der Waals surface area (Å²) in [4.78, 5) is 16.7. The number of carbonyl (C=O) groups excluding carboxylic acids is 1. The van der Waals surface area contributed by atoms with E-state index in [1.165, 1.54) is 0 Å². The minimum absolute atomic E-state index is 0.136. The number of nitrogens with one attached hydrogen (secondary N) is 2. The van der Waals surface area contributed by atoms with E-state index >= 15 is 0 Å². The zero-order chi connectivity index (χ0) is 15.1. The molecule has 110 valence electrons. The van der Waals surface area contributed by atoms with Crippen molar-refractivity contribution in [2.75, 3.05) is 17.2 Å². The topological polar surface area (TPSA) is 54.0 Å². The first-order valence-electron chi connectivity index (χ1n) is 7.34. The van der Waals surface area contributed by atoms with Gasteiger partial charge in [0.1, 0.15) is 5.82 Å². The van der Waals surface area contributed by atoms with Crippen LogP contribution in [0.4, 0.5) is 11.5 Å². The molecular formula is C17H21N3O. The molecule has 0 atom stereocenters. The Labute approximate surface area is 125 Å². The Hall–Kier alpha value is -2.36. The quantitative estimate of drug-likeness (QED) is 0.849. The average Bonchev–Trinajstić information content (AvgIpc) is 2.50. The van der Waals surface area contributed by atoms with E-state index in [4.69, 9.17) is 0 Å². The zero-order valence-corrected chi connectivity index (χ0v) is 12.5. The molecule has 1 amide bonds. The molecule has 21 heavy (non-hydrogen) atoms. The largest absolute Gasteiger partial charge is 0.370 e. The molecule has 0 aliphatic heterocycles. The van der Waals surface area contributed by atoms with Gasteiger partial charge in [-0.3, -0.25) is 4.79 Å². The minimum atomic E-state index is -0.136. The maximum atomic E-state index is 12.5. The van der Waals surface area contributed by atoms with E-state index in [2.05, 4.69) is 22.5 Å². The van der Waals surface area contributed by atoms with Gasteiger partial charge in [0, 0.05) is 18.4 Å². The van der Waals surface area contributed by atoms with Crippen LogP contribution < -0.4 is 10.6 Å². The summed E-state index contributed by atoms with van der Waals surface area (Å²) in [5.74, 6) is 0.480. The van der Waals surface area contributed by atoms with Gasteiger partial charge >= 0.3 is 0 Å². The van der Waals surface area contributed by atoms with Crippen LogP contribution in [-0.2, 0) is 6.42 Å². The summed E-state index contributed by atoms with van der Waals surface area (Å²) in [7, 11) is 0. The van der Waals surface area contributed by atoms with E-state index in [-0.39, 0.29) is 5.91 Å². The number of carbonyl (C=O) groups is 1. The molecule has 1 aromatic heterocycles. The van der Waals surface area contributed by atoms with Crippen molar-refractivity contribution >= 4 is 17.4 Å². The number of nitrogens with zero attached hydrogens (tertiary/aromatic N) is 1. The fraction of sp³-hybridized carbons (Fsp3) is 0.294. The van der Waals surface area contributed by atoms with Crippen LogP contribution in [0.25, 0.3) is 0 Å². The molecule has 0 spiro atoms. The number of rotatable bonds is 6. The highest BCUT2D eigenvalue weighted by atomic mass is 16.1. The Morgan fingerprint density at radius 1 is 1.14 bits per heavy atom. The number of hydrogen-bond acceptors (Lipinski definition) is 3. The number of pyridine rings is 1. The maximum absolute atomic E-state index is 12.5. The SMILES string of the molecule is CCCc1ccccc1NC(=O)c1cccnc1NCC. The molecule has 1 aromatic carbocycles. The fourth-order valence-electron chi connectivity index (χ4n) is 2.22. The molecule has 0 bridgehead atoms. The van der Waals surface area contributed by atoms with Crippen LogP contribution >= 0.6 is 0 Å². The van der Waals surface area contributed by atoms with E-state index in [1.54, 1.807) is 18.3 Å². The second-order valence-corrected chi connectivity index (χ2v) is 4.79. The summed E-state index contributed by atoms with van der Waals surface area (Å²) in [5.41, 5.74) is 2.59. The summed E-state index contributed by atoms with van der Waals surface area (Å²) in [5, 5.41) is 6.10. The van der Waals surface area contributed by atoms with Gasteiger partial charge in [-0.05, 0) is 37.1 Å². The number of anilines is 2. The molecule has 1 heterocycles. The summed E-state index contributed by atoms with van der Waals surface area (Å²) in [6.07, 6.45) is 3.67. The van der Waals surface area contributed by atoms with Gasteiger partial charge < -0.3 is 10.6 Å². The van der Waals surface area contributed by atoms with Crippen molar-refractivity contribution in [2.45, 2.75) is 26.7 Å². The molecule has 0 aliphatic carbocycles. The van der Waals surface area contributed by atoms with Gasteiger partial charge in [0.25, 0.3) is 5.91 Å². The zero-order valence-electron chi connectivity index (χ0n) is 12.5. The van der Waals surface area contributed by atoms with Crippen molar-refractivity contribution in [3.8, 4) is 0 Å². The normalized spacial score (nSPS) is 10.2. The number of aryl methyl sites for hydroxylation is 1. The predicted octanol–water partition coefficient (Wildman–Crippen LogP) is 3.72. The second kappa shape index (κ2) is 7.43. The Kier molecular flexibility index (Phi) is 5.32. The first-order chi connectivity index (χ1) is 10.3. The smallest absolute Gasteiger partial charge is 0.259 e. The summed E-state index contributed by atoms with van der Waals surface area (Å²) in [6.45, 7) is 4.83. The van der Waals surface area contributed by atoms with Crippen LogP contribution in [0.5, 0.6) is 0 Å².